The van der Waals surface area contributed by atoms with Crippen LogP contribution in [-0.4, -0.2) is 14.5 Å². The van der Waals surface area contributed by atoms with E-state index in [4.69, 9.17) is 35.4 Å². The standard InChI is InChI=1S/C18H11Cl2N3S/c19-14-7-6-12(8-15(14)20)23-9-13(11-4-2-1-3-5-11)16-17(23)21-10-22-18(16)24/h1-10H,(H,21,22,24). The highest BCUT2D eigenvalue weighted by atomic mass is 35.5. The van der Waals surface area contributed by atoms with Gasteiger partial charge >= 0.3 is 0 Å². The number of halogens is 2. The van der Waals surface area contributed by atoms with Crippen molar-refractivity contribution in [2.75, 3.05) is 0 Å². The Balaban J connectivity index is 2.06. The lowest BCUT2D eigenvalue weighted by Crippen LogP contribution is -1.94. The van der Waals surface area contributed by atoms with Gasteiger partial charge in [-0.2, -0.15) is 0 Å². The summed E-state index contributed by atoms with van der Waals surface area (Å²) in [6.07, 6.45) is 3.64. The number of aromatic amines is 1. The summed E-state index contributed by atoms with van der Waals surface area (Å²) < 4.78 is 2.57. The lowest BCUT2D eigenvalue weighted by molar-refractivity contribution is 1.07. The predicted octanol–water partition coefficient (Wildman–Crippen LogP) is 6.06. The van der Waals surface area contributed by atoms with E-state index >= 15 is 0 Å². The molecule has 2 aromatic heterocycles. The highest BCUT2D eigenvalue weighted by Gasteiger charge is 2.14. The van der Waals surface area contributed by atoms with Crippen molar-refractivity contribution in [3.05, 3.63) is 75.7 Å². The molecular formula is C18H11Cl2N3S. The van der Waals surface area contributed by atoms with Crippen LogP contribution in [0.5, 0.6) is 0 Å². The topological polar surface area (TPSA) is 33.6 Å². The van der Waals surface area contributed by atoms with Crippen molar-refractivity contribution in [2.24, 2.45) is 0 Å². The maximum atomic E-state index is 6.18. The molecule has 0 fully saturated rings. The average Bonchev–Trinajstić information content (AvgIpc) is 2.99. The Morgan fingerprint density at radius 1 is 1.00 bits per heavy atom. The molecule has 0 saturated carbocycles. The third-order valence-corrected chi connectivity index (χ3v) is 4.92. The highest BCUT2D eigenvalue weighted by Crippen LogP contribution is 2.33. The first-order valence-electron chi connectivity index (χ1n) is 7.25. The molecule has 0 radical (unpaired) electrons. The van der Waals surface area contributed by atoms with Gasteiger partial charge in [0.1, 0.15) is 10.3 Å². The number of hydrogen-bond donors (Lipinski definition) is 1. The number of aromatic nitrogens is 3. The van der Waals surface area contributed by atoms with Crippen molar-refractivity contribution in [1.29, 1.82) is 0 Å². The molecule has 3 nitrogen and oxygen atoms in total. The Morgan fingerprint density at radius 2 is 1.79 bits per heavy atom. The Hall–Kier alpha value is -2.14. The molecule has 1 N–H and O–H groups in total. The number of benzene rings is 2. The van der Waals surface area contributed by atoms with Crippen LogP contribution < -0.4 is 0 Å². The van der Waals surface area contributed by atoms with Gasteiger partial charge in [-0.25, -0.2) is 4.98 Å². The molecule has 0 unspecified atom stereocenters. The minimum Gasteiger partial charge on any atom is -0.332 e. The second kappa shape index (κ2) is 6.06. The van der Waals surface area contributed by atoms with Crippen LogP contribution in [-0.2, 0) is 0 Å². The van der Waals surface area contributed by atoms with Crippen LogP contribution in [0.2, 0.25) is 10.0 Å². The average molecular weight is 372 g/mol. The van der Waals surface area contributed by atoms with Crippen LogP contribution in [0.1, 0.15) is 0 Å². The molecule has 4 rings (SSSR count). The van der Waals surface area contributed by atoms with Crippen LogP contribution in [0.15, 0.2) is 61.1 Å². The lowest BCUT2D eigenvalue weighted by atomic mass is 10.1. The van der Waals surface area contributed by atoms with Crippen molar-refractivity contribution in [3.63, 3.8) is 0 Å². The Bertz CT molecular complexity index is 1100. The zero-order chi connectivity index (χ0) is 16.7. The van der Waals surface area contributed by atoms with Gasteiger partial charge in [-0.15, -0.1) is 0 Å². The fourth-order valence-corrected chi connectivity index (χ4v) is 3.31. The Labute approximate surface area is 153 Å². The van der Waals surface area contributed by atoms with Crippen LogP contribution >= 0.6 is 35.4 Å². The van der Waals surface area contributed by atoms with Crippen molar-refractivity contribution in [1.82, 2.24) is 14.5 Å². The number of H-pyrrole nitrogens is 1. The van der Waals surface area contributed by atoms with E-state index in [1.54, 1.807) is 12.4 Å². The molecule has 0 aliphatic carbocycles. The van der Waals surface area contributed by atoms with Gasteiger partial charge in [0.25, 0.3) is 0 Å². The van der Waals surface area contributed by atoms with E-state index in [-0.39, 0.29) is 0 Å². The summed E-state index contributed by atoms with van der Waals surface area (Å²) in [5.41, 5.74) is 3.86. The third-order valence-electron chi connectivity index (χ3n) is 3.87. The number of hydrogen-bond acceptors (Lipinski definition) is 2. The summed E-state index contributed by atoms with van der Waals surface area (Å²) in [6.45, 7) is 0. The predicted molar refractivity (Wildman–Crippen MR) is 102 cm³/mol. The minimum atomic E-state index is 0.505. The van der Waals surface area contributed by atoms with Gasteiger partial charge in [-0.3, -0.25) is 0 Å². The monoisotopic (exact) mass is 371 g/mol. The number of nitrogens with one attached hydrogen (secondary N) is 1. The van der Waals surface area contributed by atoms with E-state index in [2.05, 4.69) is 22.1 Å². The maximum Gasteiger partial charge on any atom is 0.139 e. The summed E-state index contributed by atoms with van der Waals surface area (Å²) in [4.78, 5) is 7.42. The number of fused-ring (bicyclic) bond motifs is 1. The first-order valence-corrected chi connectivity index (χ1v) is 8.41. The SMILES string of the molecule is S=c1nc[nH]c2c1c(-c1ccccc1)cn2-c1ccc(Cl)c(Cl)c1. The van der Waals surface area contributed by atoms with E-state index in [9.17, 15) is 0 Å². The third kappa shape index (κ3) is 2.53. The lowest BCUT2D eigenvalue weighted by Gasteiger charge is -2.06. The molecule has 24 heavy (non-hydrogen) atoms. The molecule has 2 heterocycles. The molecule has 0 atom stereocenters. The molecule has 0 aliphatic rings. The molecule has 0 amide bonds. The quantitative estimate of drug-likeness (QED) is 0.434. The molecule has 4 aromatic rings. The summed E-state index contributed by atoms with van der Waals surface area (Å²) >= 11 is 17.7. The second-order valence-electron chi connectivity index (χ2n) is 5.31. The van der Waals surface area contributed by atoms with Gasteiger partial charge in [0.15, 0.2) is 0 Å². The molecule has 6 heteroatoms. The number of nitrogens with zero attached hydrogens (tertiary/aromatic N) is 2. The molecular weight excluding hydrogens is 361 g/mol. The summed E-state index contributed by atoms with van der Waals surface area (Å²) in [5, 5.41) is 1.93. The van der Waals surface area contributed by atoms with E-state index in [1.165, 1.54) is 0 Å². The van der Waals surface area contributed by atoms with E-state index in [0.717, 1.165) is 27.8 Å². The minimum absolute atomic E-state index is 0.505. The normalized spacial score (nSPS) is 11.1. The molecule has 2 aromatic carbocycles. The zero-order valence-electron chi connectivity index (χ0n) is 12.3. The molecule has 0 spiro atoms. The molecule has 0 saturated heterocycles. The summed E-state index contributed by atoms with van der Waals surface area (Å²) in [5.74, 6) is 0. The Morgan fingerprint density at radius 3 is 2.54 bits per heavy atom. The Kier molecular flexibility index (Phi) is 3.88. The second-order valence-corrected chi connectivity index (χ2v) is 6.51. The zero-order valence-corrected chi connectivity index (χ0v) is 14.7. The van der Waals surface area contributed by atoms with E-state index in [1.807, 2.05) is 41.1 Å². The smallest absolute Gasteiger partial charge is 0.139 e. The van der Waals surface area contributed by atoms with Gasteiger partial charge in [0.05, 0.1) is 21.8 Å². The van der Waals surface area contributed by atoms with Gasteiger partial charge in [-0.05, 0) is 23.8 Å². The molecule has 0 aliphatic heterocycles. The fourth-order valence-electron chi connectivity index (χ4n) is 2.76. The van der Waals surface area contributed by atoms with Crippen molar-refractivity contribution < 1.29 is 0 Å². The maximum absolute atomic E-state index is 6.18. The van der Waals surface area contributed by atoms with Crippen LogP contribution in [0.4, 0.5) is 0 Å². The highest BCUT2D eigenvalue weighted by molar-refractivity contribution is 7.71. The first-order chi connectivity index (χ1) is 11.6. The van der Waals surface area contributed by atoms with Gasteiger partial charge in [-0.1, -0.05) is 65.8 Å². The largest absolute Gasteiger partial charge is 0.332 e. The van der Waals surface area contributed by atoms with E-state index in [0.29, 0.717) is 14.7 Å². The fraction of sp³-hybridized carbons (Fsp3) is 0. The van der Waals surface area contributed by atoms with Crippen molar-refractivity contribution in [2.45, 2.75) is 0 Å². The summed E-state index contributed by atoms with van der Waals surface area (Å²) in [7, 11) is 0. The van der Waals surface area contributed by atoms with Gasteiger partial charge < -0.3 is 9.55 Å². The van der Waals surface area contributed by atoms with Crippen LogP contribution in [0.3, 0.4) is 0 Å². The van der Waals surface area contributed by atoms with E-state index < -0.39 is 0 Å². The van der Waals surface area contributed by atoms with Crippen LogP contribution in [0.25, 0.3) is 27.8 Å². The van der Waals surface area contributed by atoms with Gasteiger partial charge in [0.2, 0.25) is 0 Å². The van der Waals surface area contributed by atoms with Crippen molar-refractivity contribution in [3.8, 4) is 16.8 Å². The molecule has 0 bridgehead atoms. The van der Waals surface area contributed by atoms with Crippen molar-refractivity contribution >= 4 is 46.5 Å². The first kappa shape index (κ1) is 15.4. The summed E-state index contributed by atoms with van der Waals surface area (Å²) in [6, 6.07) is 15.6. The van der Waals surface area contributed by atoms with Gasteiger partial charge in [0, 0.05) is 17.4 Å². The molecule has 118 valence electrons. The van der Waals surface area contributed by atoms with Crippen LogP contribution in [0, 0.1) is 4.64 Å². The number of rotatable bonds is 2.